The van der Waals surface area contributed by atoms with Gasteiger partial charge in [0.15, 0.2) is 0 Å². The quantitative estimate of drug-likeness (QED) is 0.850. The number of nitrogens with zero attached hydrogens (tertiary/aromatic N) is 2. The lowest BCUT2D eigenvalue weighted by atomic mass is 10.1. The second-order valence-corrected chi connectivity index (χ2v) is 7.50. The lowest BCUT2D eigenvalue weighted by molar-refractivity contribution is -0.0341. The Morgan fingerprint density at radius 3 is 2.76 bits per heavy atom. The van der Waals surface area contributed by atoms with E-state index in [1.165, 1.54) is 35.7 Å². The van der Waals surface area contributed by atoms with E-state index in [2.05, 4.69) is 21.9 Å². The molecule has 0 aromatic carbocycles. The molecule has 0 aliphatic carbocycles. The Bertz CT molecular complexity index is 461. The normalized spacial score (nSPS) is 28.9. The first-order chi connectivity index (χ1) is 10.4. The van der Waals surface area contributed by atoms with Gasteiger partial charge in [0.2, 0.25) is 0 Å². The van der Waals surface area contributed by atoms with Crippen molar-refractivity contribution >= 4 is 11.3 Å². The summed E-state index contributed by atoms with van der Waals surface area (Å²) in [4.78, 5) is 8.06. The van der Waals surface area contributed by atoms with Crippen molar-refractivity contribution in [1.29, 1.82) is 0 Å². The van der Waals surface area contributed by atoms with E-state index in [4.69, 9.17) is 9.47 Å². The molecule has 0 unspecified atom stereocenters. The van der Waals surface area contributed by atoms with Crippen LogP contribution in [0.5, 0.6) is 0 Å². The first kappa shape index (κ1) is 14.2. The van der Waals surface area contributed by atoms with Crippen LogP contribution in [0, 0.1) is 0 Å². The minimum Gasteiger partial charge on any atom is -0.379 e. The average Bonchev–Trinajstić information content (AvgIpc) is 3.14. The van der Waals surface area contributed by atoms with E-state index < -0.39 is 0 Å². The van der Waals surface area contributed by atoms with Gasteiger partial charge >= 0.3 is 0 Å². The topological polar surface area (TPSA) is 24.9 Å². The van der Waals surface area contributed by atoms with Gasteiger partial charge in [-0.15, -0.1) is 11.3 Å². The number of thiophene rings is 1. The standard InChI is InChI=1S/C16H24N2O2S/c1-2-15(20-7-1)16-4-3-14(21-16)12-17-10-13(11-17)18-5-8-19-9-6-18/h3-4,13,15H,1-2,5-12H2/t15-/m0/s1. The Labute approximate surface area is 130 Å². The Kier molecular flexibility index (Phi) is 4.27. The molecule has 116 valence electrons. The van der Waals surface area contributed by atoms with Crippen molar-refractivity contribution in [2.75, 3.05) is 46.0 Å². The number of likely N-dealkylation sites (tertiary alicyclic amines) is 1. The number of rotatable bonds is 4. The molecule has 3 aliphatic heterocycles. The SMILES string of the molecule is c1cc([C@@H]2CCCO2)sc1CN1CC(N2CCOCC2)C1. The third-order valence-electron chi connectivity index (χ3n) is 4.81. The van der Waals surface area contributed by atoms with E-state index in [1.54, 1.807) is 0 Å². The summed E-state index contributed by atoms with van der Waals surface area (Å²) in [6.45, 7) is 8.52. The maximum atomic E-state index is 5.77. The molecule has 3 fully saturated rings. The molecule has 3 saturated heterocycles. The lowest BCUT2D eigenvalue weighted by Crippen LogP contribution is -2.60. The van der Waals surface area contributed by atoms with Crippen molar-refractivity contribution in [2.24, 2.45) is 0 Å². The summed E-state index contributed by atoms with van der Waals surface area (Å²) in [6, 6.07) is 5.32. The molecule has 1 aromatic heterocycles. The van der Waals surface area contributed by atoms with E-state index >= 15 is 0 Å². The summed E-state index contributed by atoms with van der Waals surface area (Å²) in [5, 5.41) is 0. The third-order valence-corrected chi connectivity index (χ3v) is 5.97. The number of ether oxygens (including phenoxy) is 2. The molecule has 0 amide bonds. The predicted molar refractivity (Wildman–Crippen MR) is 83.7 cm³/mol. The first-order valence-electron chi connectivity index (χ1n) is 8.13. The second-order valence-electron chi connectivity index (χ2n) is 6.30. The van der Waals surface area contributed by atoms with Crippen molar-refractivity contribution < 1.29 is 9.47 Å². The molecule has 0 N–H and O–H groups in total. The largest absolute Gasteiger partial charge is 0.379 e. The molecule has 21 heavy (non-hydrogen) atoms. The zero-order valence-electron chi connectivity index (χ0n) is 12.5. The highest BCUT2D eigenvalue weighted by Gasteiger charge is 2.32. The molecular weight excluding hydrogens is 284 g/mol. The second kappa shape index (κ2) is 6.34. The molecule has 4 rings (SSSR count). The fourth-order valence-electron chi connectivity index (χ4n) is 3.52. The Hall–Kier alpha value is -0.460. The van der Waals surface area contributed by atoms with Gasteiger partial charge in [-0.25, -0.2) is 0 Å². The highest BCUT2D eigenvalue weighted by atomic mass is 32.1. The molecule has 4 heterocycles. The van der Waals surface area contributed by atoms with Crippen molar-refractivity contribution in [1.82, 2.24) is 9.80 Å². The van der Waals surface area contributed by atoms with Gasteiger partial charge < -0.3 is 9.47 Å². The molecular formula is C16H24N2O2S. The smallest absolute Gasteiger partial charge is 0.0917 e. The zero-order chi connectivity index (χ0) is 14.1. The van der Waals surface area contributed by atoms with Gasteiger partial charge in [0.05, 0.1) is 19.3 Å². The summed E-state index contributed by atoms with van der Waals surface area (Å²) in [5.41, 5.74) is 0. The molecule has 1 aromatic rings. The first-order valence-corrected chi connectivity index (χ1v) is 8.94. The number of morpholine rings is 1. The molecule has 4 nitrogen and oxygen atoms in total. The monoisotopic (exact) mass is 308 g/mol. The fourth-order valence-corrected chi connectivity index (χ4v) is 4.66. The highest BCUT2D eigenvalue weighted by molar-refractivity contribution is 7.12. The van der Waals surface area contributed by atoms with Crippen molar-refractivity contribution in [3.8, 4) is 0 Å². The summed E-state index contributed by atoms with van der Waals surface area (Å²) >= 11 is 1.94. The van der Waals surface area contributed by atoms with Gasteiger partial charge in [-0.2, -0.15) is 0 Å². The zero-order valence-corrected chi connectivity index (χ0v) is 13.3. The lowest BCUT2D eigenvalue weighted by Gasteiger charge is -2.46. The van der Waals surface area contributed by atoms with Gasteiger partial charge in [-0.3, -0.25) is 9.80 Å². The van der Waals surface area contributed by atoms with Crippen LogP contribution < -0.4 is 0 Å². The molecule has 0 radical (unpaired) electrons. The number of hydrogen-bond acceptors (Lipinski definition) is 5. The fraction of sp³-hybridized carbons (Fsp3) is 0.750. The molecule has 5 heteroatoms. The molecule has 1 atom stereocenters. The van der Waals surface area contributed by atoms with E-state index in [0.29, 0.717) is 6.10 Å². The maximum Gasteiger partial charge on any atom is 0.0917 e. The highest BCUT2D eigenvalue weighted by Crippen LogP contribution is 2.34. The van der Waals surface area contributed by atoms with E-state index in [1.807, 2.05) is 11.3 Å². The maximum absolute atomic E-state index is 5.77. The minimum absolute atomic E-state index is 0.376. The third kappa shape index (κ3) is 3.17. The van der Waals surface area contributed by atoms with Gasteiger partial charge in [0.1, 0.15) is 0 Å². The van der Waals surface area contributed by atoms with Crippen LogP contribution in [0.3, 0.4) is 0 Å². The summed E-state index contributed by atoms with van der Waals surface area (Å²) in [6.07, 6.45) is 2.79. The molecule has 3 aliphatic rings. The van der Waals surface area contributed by atoms with Crippen molar-refractivity contribution in [3.05, 3.63) is 21.9 Å². The summed E-state index contributed by atoms with van der Waals surface area (Å²) < 4.78 is 11.2. The summed E-state index contributed by atoms with van der Waals surface area (Å²) in [7, 11) is 0. The van der Waals surface area contributed by atoms with Gasteiger partial charge in [-0.1, -0.05) is 0 Å². The van der Waals surface area contributed by atoms with Crippen LogP contribution in [0.15, 0.2) is 12.1 Å². The van der Waals surface area contributed by atoms with E-state index in [9.17, 15) is 0 Å². The van der Waals surface area contributed by atoms with Gasteiger partial charge in [0.25, 0.3) is 0 Å². The van der Waals surface area contributed by atoms with Crippen LogP contribution in [0.1, 0.15) is 28.7 Å². The van der Waals surface area contributed by atoms with Crippen molar-refractivity contribution in [3.63, 3.8) is 0 Å². The van der Waals surface area contributed by atoms with Gasteiger partial charge in [0, 0.05) is 55.1 Å². The Morgan fingerprint density at radius 2 is 2.00 bits per heavy atom. The van der Waals surface area contributed by atoms with Crippen LogP contribution in [0.25, 0.3) is 0 Å². The molecule has 0 bridgehead atoms. The Balaban J connectivity index is 1.26. The van der Waals surface area contributed by atoms with Gasteiger partial charge in [-0.05, 0) is 25.0 Å². The van der Waals surface area contributed by atoms with Crippen LogP contribution in [-0.2, 0) is 16.0 Å². The summed E-state index contributed by atoms with van der Waals surface area (Å²) in [5.74, 6) is 0. The van der Waals surface area contributed by atoms with Crippen LogP contribution in [0.4, 0.5) is 0 Å². The van der Waals surface area contributed by atoms with Crippen LogP contribution in [-0.4, -0.2) is 61.8 Å². The molecule has 0 spiro atoms. The van der Waals surface area contributed by atoms with Crippen molar-refractivity contribution in [2.45, 2.75) is 31.5 Å². The minimum atomic E-state index is 0.376. The Morgan fingerprint density at radius 1 is 1.14 bits per heavy atom. The van der Waals surface area contributed by atoms with E-state index in [0.717, 1.165) is 45.5 Å². The van der Waals surface area contributed by atoms with E-state index in [-0.39, 0.29) is 0 Å². The van der Waals surface area contributed by atoms with Crippen LogP contribution >= 0.6 is 11.3 Å². The predicted octanol–water partition coefficient (Wildman–Crippen LogP) is 2.12. The molecule has 0 saturated carbocycles. The number of hydrogen-bond donors (Lipinski definition) is 0. The average molecular weight is 308 g/mol. The van der Waals surface area contributed by atoms with Crippen LogP contribution in [0.2, 0.25) is 0 Å².